The summed E-state index contributed by atoms with van der Waals surface area (Å²) in [5.41, 5.74) is 1.63. The molecule has 0 bridgehead atoms. The molecule has 1 aromatic rings. The number of benzene rings is 1. The molecule has 0 aliphatic carbocycles. The van der Waals surface area contributed by atoms with Gasteiger partial charge in [-0.1, -0.05) is 22.9 Å². The zero-order valence-corrected chi connectivity index (χ0v) is 12.2. The lowest BCUT2D eigenvalue weighted by atomic mass is 10.1. The van der Waals surface area contributed by atoms with Crippen LogP contribution >= 0.6 is 15.9 Å². The number of nitrogens with one attached hydrogen (secondary N) is 1. The molecule has 2 rings (SSSR count). The van der Waals surface area contributed by atoms with Crippen LogP contribution in [-0.2, 0) is 0 Å². The number of likely N-dealkylation sites (tertiary alicyclic amines) is 1. The van der Waals surface area contributed by atoms with Crippen molar-refractivity contribution in [3.05, 3.63) is 28.2 Å². The lowest BCUT2D eigenvalue weighted by molar-refractivity contribution is 0.277. The highest BCUT2D eigenvalue weighted by molar-refractivity contribution is 9.10. The summed E-state index contributed by atoms with van der Waals surface area (Å²) in [6, 6.07) is 8.55. The Morgan fingerprint density at radius 1 is 1.56 bits per heavy atom. The summed E-state index contributed by atoms with van der Waals surface area (Å²) in [4.78, 5) is 2.50. The highest BCUT2D eigenvalue weighted by atomic mass is 79.9. The van der Waals surface area contributed by atoms with Crippen molar-refractivity contribution < 1.29 is 0 Å². The SMILES string of the molecule is CCN1CCCC1CNc1cc(Br)ccc1C#N. The molecular weight excluding hydrogens is 290 g/mol. The van der Waals surface area contributed by atoms with Gasteiger partial charge >= 0.3 is 0 Å². The maximum absolute atomic E-state index is 9.08. The molecule has 0 spiro atoms. The molecular formula is C14H18BrN3. The Labute approximate surface area is 117 Å². The molecule has 1 saturated heterocycles. The molecule has 0 saturated carbocycles. The van der Waals surface area contributed by atoms with Gasteiger partial charge in [-0.05, 0) is 44.1 Å². The third-order valence-corrected chi connectivity index (χ3v) is 4.03. The Morgan fingerprint density at radius 2 is 2.39 bits per heavy atom. The first-order valence-corrected chi connectivity index (χ1v) is 7.21. The lowest BCUT2D eigenvalue weighted by Crippen LogP contribution is -2.34. The van der Waals surface area contributed by atoms with Gasteiger partial charge in [-0.2, -0.15) is 5.26 Å². The number of nitriles is 1. The number of nitrogens with zero attached hydrogens (tertiary/aromatic N) is 2. The van der Waals surface area contributed by atoms with Crippen molar-refractivity contribution >= 4 is 21.6 Å². The molecule has 0 amide bonds. The van der Waals surface area contributed by atoms with E-state index in [9.17, 15) is 0 Å². The van der Waals surface area contributed by atoms with E-state index in [0.29, 0.717) is 11.6 Å². The molecule has 3 nitrogen and oxygen atoms in total. The van der Waals surface area contributed by atoms with Crippen LogP contribution in [0, 0.1) is 11.3 Å². The van der Waals surface area contributed by atoms with Crippen LogP contribution in [-0.4, -0.2) is 30.6 Å². The Hall–Kier alpha value is -1.05. The summed E-state index contributed by atoms with van der Waals surface area (Å²) in [7, 11) is 0. The second-order valence-corrected chi connectivity index (χ2v) is 5.52. The molecule has 1 aliphatic rings. The van der Waals surface area contributed by atoms with Crippen molar-refractivity contribution in [3.63, 3.8) is 0 Å². The van der Waals surface area contributed by atoms with Gasteiger partial charge < -0.3 is 5.32 Å². The quantitative estimate of drug-likeness (QED) is 0.928. The van der Waals surface area contributed by atoms with E-state index in [4.69, 9.17) is 5.26 Å². The van der Waals surface area contributed by atoms with Crippen LogP contribution in [0.4, 0.5) is 5.69 Å². The number of hydrogen-bond donors (Lipinski definition) is 1. The smallest absolute Gasteiger partial charge is 0.101 e. The average Bonchev–Trinajstić information content (AvgIpc) is 2.84. The molecule has 96 valence electrons. The Balaban J connectivity index is 2.02. The molecule has 0 aromatic heterocycles. The van der Waals surface area contributed by atoms with Gasteiger partial charge in [-0.15, -0.1) is 0 Å². The average molecular weight is 308 g/mol. The highest BCUT2D eigenvalue weighted by Crippen LogP contribution is 2.22. The third-order valence-electron chi connectivity index (χ3n) is 3.54. The fourth-order valence-electron chi connectivity index (χ4n) is 2.53. The summed E-state index contributed by atoms with van der Waals surface area (Å²) >= 11 is 3.44. The maximum atomic E-state index is 9.08. The minimum atomic E-state index is 0.598. The standard InChI is InChI=1S/C14H18BrN3/c1-2-18-7-3-4-13(18)10-17-14-8-12(15)6-5-11(14)9-16/h5-6,8,13,17H,2-4,7,10H2,1H3. The zero-order valence-electron chi connectivity index (χ0n) is 10.6. The van der Waals surface area contributed by atoms with Gasteiger partial charge in [0.1, 0.15) is 6.07 Å². The maximum Gasteiger partial charge on any atom is 0.101 e. The second kappa shape index (κ2) is 6.21. The van der Waals surface area contributed by atoms with Gasteiger partial charge in [0.15, 0.2) is 0 Å². The fourth-order valence-corrected chi connectivity index (χ4v) is 2.89. The van der Waals surface area contributed by atoms with E-state index >= 15 is 0 Å². The van der Waals surface area contributed by atoms with Crippen molar-refractivity contribution in [1.82, 2.24) is 4.90 Å². The number of rotatable bonds is 4. The third kappa shape index (κ3) is 3.04. The van der Waals surface area contributed by atoms with E-state index in [1.807, 2.05) is 18.2 Å². The van der Waals surface area contributed by atoms with Gasteiger partial charge in [0.2, 0.25) is 0 Å². The number of anilines is 1. The van der Waals surface area contributed by atoms with Gasteiger partial charge in [-0.3, -0.25) is 4.90 Å². The number of halogens is 1. The van der Waals surface area contributed by atoms with Crippen LogP contribution in [0.2, 0.25) is 0 Å². The van der Waals surface area contributed by atoms with Gasteiger partial charge in [-0.25, -0.2) is 0 Å². The topological polar surface area (TPSA) is 39.1 Å². The molecule has 1 aromatic carbocycles. The molecule has 1 N–H and O–H groups in total. The van der Waals surface area contributed by atoms with Crippen molar-refractivity contribution in [2.75, 3.05) is 25.0 Å². The van der Waals surface area contributed by atoms with Crippen LogP contribution in [0.5, 0.6) is 0 Å². The Bertz CT molecular complexity index is 453. The predicted octanol–water partition coefficient (Wildman–Crippen LogP) is 3.22. The van der Waals surface area contributed by atoms with E-state index in [2.05, 4.69) is 39.1 Å². The van der Waals surface area contributed by atoms with Crippen molar-refractivity contribution in [1.29, 1.82) is 5.26 Å². The van der Waals surface area contributed by atoms with Crippen molar-refractivity contribution in [2.45, 2.75) is 25.8 Å². The van der Waals surface area contributed by atoms with E-state index in [0.717, 1.165) is 23.2 Å². The highest BCUT2D eigenvalue weighted by Gasteiger charge is 2.22. The van der Waals surface area contributed by atoms with Gasteiger partial charge in [0, 0.05) is 17.1 Å². The second-order valence-electron chi connectivity index (χ2n) is 4.61. The summed E-state index contributed by atoms with van der Waals surface area (Å²) in [6.45, 7) is 5.43. The first kappa shape index (κ1) is 13.4. The summed E-state index contributed by atoms with van der Waals surface area (Å²) in [5, 5.41) is 12.5. The Morgan fingerprint density at radius 3 is 3.11 bits per heavy atom. The molecule has 0 radical (unpaired) electrons. The van der Waals surface area contributed by atoms with Crippen LogP contribution in [0.3, 0.4) is 0 Å². The molecule has 1 fully saturated rings. The lowest BCUT2D eigenvalue weighted by Gasteiger charge is -2.23. The van der Waals surface area contributed by atoms with Crippen LogP contribution < -0.4 is 5.32 Å². The fraction of sp³-hybridized carbons (Fsp3) is 0.500. The van der Waals surface area contributed by atoms with Crippen LogP contribution in [0.15, 0.2) is 22.7 Å². The first-order valence-electron chi connectivity index (χ1n) is 6.42. The zero-order chi connectivity index (χ0) is 13.0. The Kier molecular flexibility index (Phi) is 4.62. The molecule has 1 unspecified atom stereocenters. The minimum Gasteiger partial charge on any atom is -0.382 e. The van der Waals surface area contributed by atoms with Crippen LogP contribution in [0.1, 0.15) is 25.3 Å². The summed E-state index contributed by atoms with van der Waals surface area (Å²) in [6.07, 6.45) is 2.53. The van der Waals surface area contributed by atoms with E-state index in [1.165, 1.54) is 19.4 Å². The van der Waals surface area contributed by atoms with Gasteiger partial charge in [0.25, 0.3) is 0 Å². The molecule has 1 aliphatic heterocycles. The van der Waals surface area contributed by atoms with Crippen molar-refractivity contribution in [2.24, 2.45) is 0 Å². The predicted molar refractivity (Wildman–Crippen MR) is 77.6 cm³/mol. The van der Waals surface area contributed by atoms with Crippen LogP contribution in [0.25, 0.3) is 0 Å². The van der Waals surface area contributed by atoms with E-state index in [-0.39, 0.29) is 0 Å². The molecule has 1 atom stereocenters. The number of likely N-dealkylation sites (N-methyl/N-ethyl adjacent to an activating group) is 1. The molecule has 18 heavy (non-hydrogen) atoms. The molecule has 4 heteroatoms. The number of hydrogen-bond acceptors (Lipinski definition) is 3. The monoisotopic (exact) mass is 307 g/mol. The minimum absolute atomic E-state index is 0.598. The van der Waals surface area contributed by atoms with Crippen molar-refractivity contribution in [3.8, 4) is 6.07 Å². The van der Waals surface area contributed by atoms with Gasteiger partial charge in [0.05, 0.1) is 11.3 Å². The first-order chi connectivity index (χ1) is 8.74. The van der Waals surface area contributed by atoms with E-state index < -0.39 is 0 Å². The summed E-state index contributed by atoms with van der Waals surface area (Å²) < 4.78 is 1.00. The van der Waals surface area contributed by atoms with E-state index in [1.54, 1.807) is 0 Å². The molecule has 1 heterocycles. The normalized spacial score (nSPS) is 19.7. The summed E-state index contributed by atoms with van der Waals surface area (Å²) in [5.74, 6) is 0. The largest absolute Gasteiger partial charge is 0.382 e.